The van der Waals surface area contributed by atoms with Crippen molar-refractivity contribution >= 4 is 22.7 Å². The summed E-state index contributed by atoms with van der Waals surface area (Å²) in [7, 11) is 1.59. The number of carbonyl (C=O) groups excluding carboxylic acids is 1. The number of rotatable bonds is 6. The summed E-state index contributed by atoms with van der Waals surface area (Å²) in [6.07, 6.45) is 0.540. The van der Waals surface area contributed by atoms with Crippen LogP contribution in [0.15, 0.2) is 31.9 Å². The van der Waals surface area contributed by atoms with Gasteiger partial charge in [-0.25, -0.2) is 9.59 Å². The number of benzene rings is 1. The van der Waals surface area contributed by atoms with Gasteiger partial charge in [0.05, 0.1) is 13.2 Å². The molecule has 9 nitrogen and oxygen atoms in total. The minimum Gasteiger partial charge on any atom is -0.423 e. The number of aryl methyl sites for hydroxylation is 2. The van der Waals surface area contributed by atoms with E-state index in [4.69, 9.17) is 13.7 Å². The van der Waals surface area contributed by atoms with E-state index < -0.39 is 11.7 Å². The highest BCUT2D eigenvalue weighted by atomic mass is 16.5. The average Bonchev–Trinajstić information content (AvgIpc) is 3.07. The lowest BCUT2D eigenvalue weighted by molar-refractivity contribution is 0.199. The molecule has 2 amide bonds. The first-order valence-corrected chi connectivity index (χ1v) is 8.36. The molecule has 2 N–H and O–H groups in total. The summed E-state index contributed by atoms with van der Waals surface area (Å²) in [4.78, 5) is 27.8. The van der Waals surface area contributed by atoms with Gasteiger partial charge in [0.2, 0.25) is 5.89 Å². The third-order valence-electron chi connectivity index (χ3n) is 3.98. The lowest BCUT2D eigenvalue weighted by atomic mass is 10.1. The van der Waals surface area contributed by atoms with E-state index in [0.717, 1.165) is 16.5 Å². The fraction of sp³-hybridized carbons (Fsp3) is 0.333. The van der Waals surface area contributed by atoms with Gasteiger partial charge in [-0.15, -0.1) is 0 Å². The molecule has 27 heavy (non-hydrogen) atoms. The molecule has 0 spiro atoms. The van der Waals surface area contributed by atoms with E-state index in [1.54, 1.807) is 19.2 Å². The van der Waals surface area contributed by atoms with Crippen molar-refractivity contribution in [1.29, 1.82) is 0 Å². The highest BCUT2D eigenvalue weighted by Gasteiger charge is 2.11. The third-order valence-corrected chi connectivity index (χ3v) is 3.98. The maximum Gasteiger partial charge on any atom is 0.336 e. The summed E-state index contributed by atoms with van der Waals surface area (Å²) in [5.41, 5.74) is 2.24. The van der Waals surface area contributed by atoms with E-state index in [2.05, 4.69) is 20.8 Å². The number of carbonyl (C=O) groups is 1. The normalized spacial score (nSPS) is 10.9. The zero-order chi connectivity index (χ0) is 19.4. The van der Waals surface area contributed by atoms with Crippen LogP contribution in [0.5, 0.6) is 0 Å². The number of nitrogens with zero attached hydrogens (tertiary/aromatic N) is 2. The van der Waals surface area contributed by atoms with Gasteiger partial charge in [-0.05, 0) is 37.1 Å². The molecule has 0 radical (unpaired) electrons. The molecule has 0 bridgehead atoms. The highest BCUT2D eigenvalue weighted by molar-refractivity contribution is 5.94. The van der Waals surface area contributed by atoms with Gasteiger partial charge >= 0.3 is 11.7 Å². The topological polar surface area (TPSA) is 119 Å². The number of nitrogens with one attached hydrogen (secondary N) is 2. The summed E-state index contributed by atoms with van der Waals surface area (Å²) in [6.45, 7) is 4.23. The lowest BCUT2D eigenvalue weighted by Gasteiger charge is -2.11. The molecule has 2 heterocycles. The number of fused-ring (bicyclic) bond motifs is 1. The van der Waals surface area contributed by atoms with E-state index in [0.29, 0.717) is 36.0 Å². The number of hydrogen-bond donors (Lipinski definition) is 2. The number of aromatic nitrogens is 2. The minimum atomic E-state index is -0.413. The van der Waals surface area contributed by atoms with Crippen molar-refractivity contribution in [3.8, 4) is 0 Å². The zero-order valence-corrected chi connectivity index (χ0v) is 15.3. The number of anilines is 1. The number of hydrogen-bond acceptors (Lipinski definition) is 7. The fourth-order valence-electron chi connectivity index (χ4n) is 2.58. The second-order valence-corrected chi connectivity index (χ2v) is 6.07. The second kappa shape index (κ2) is 8.00. The Bertz CT molecular complexity index is 1020. The largest absolute Gasteiger partial charge is 0.423 e. The monoisotopic (exact) mass is 372 g/mol. The van der Waals surface area contributed by atoms with Crippen LogP contribution < -0.4 is 16.3 Å². The van der Waals surface area contributed by atoms with Crippen LogP contribution in [0, 0.1) is 13.8 Å². The van der Waals surface area contributed by atoms with Gasteiger partial charge in [-0.3, -0.25) is 0 Å². The average molecular weight is 372 g/mol. The molecule has 3 rings (SSSR count). The SMILES string of the molecule is COCCc1noc(CNC(=O)Nc2cc3c(C)cc(=O)oc3cc2C)n1. The summed E-state index contributed by atoms with van der Waals surface area (Å²) < 4.78 is 15.2. The first-order valence-electron chi connectivity index (χ1n) is 8.36. The van der Waals surface area contributed by atoms with Crippen molar-refractivity contribution in [3.63, 3.8) is 0 Å². The molecule has 0 aliphatic carbocycles. The molecule has 0 aliphatic rings. The third kappa shape index (κ3) is 4.50. The lowest BCUT2D eigenvalue weighted by Crippen LogP contribution is -2.28. The van der Waals surface area contributed by atoms with Crippen LogP contribution in [-0.4, -0.2) is 29.9 Å². The van der Waals surface area contributed by atoms with E-state index in [1.807, 2.05) is 13.8 Å². The van der Waals surface area contributed by atoms with Crippen molar-refractivity contribution in [2.24, 2.45) is 0 Å². The molecule has 1 aromatic carbocycles. The minimum absolute atomic E-state index is 0.104. The maximum absolute atomic E-state index is 12.2. The van der Waals surface area contributed by atoms with Crippen LogP contribution in [0.25, 0.3) is 11.0 Å². The van der Waals surface area contributed by atoms with Crippen LogP contribution in [0.2, 0.25) is 0 Å². The quantitative estimate of drug-likeness (QED) is 0.637. The number of methoxy groups -OCH3 is 1. The van der Waals surface area contributed by atoms with Gasteiger partial charge in [-0.2, -0.15) is 4.98 Å². The molecule has 9 heteroatoms. The standard InChI is InChI=1S/C18H20N4O5/c1-10-7-17(23)26-14-6-11(2)13(8-12(10)14)20-18(24)19-9-16-21-15(22-27-16)4-5-25-3/h6-8H,4-5,9H2,1-3H3,(H2,19,20,24). The van der Waals surface area contributed by atoms with Crippen LogP contribution >= 0.6 is 0 Å². The number of urea groups is 1. The van der Waals surface area contributed by atoms with Crippen molar-refractivity contribution in [3.05, 3.63) is 51.5 Å². The Balaban J connectivity index is 1.66. The first-order chi connectivity index (χ1) is 13.0. The summed E-state index contributed by atoms with van der Waals surface area (Å²) in [6, 6.07) is 4.50. The summed E-state index contributed by atoms with van der Waals surface area (Å²) in [5, 5.41) is 10.0. The molecule has 0 atom stereocenters. The van der Waals surface area contributed by atoms with Crippen LogP contribution in [0.1, 0.15) is 22.8 Å². The van der Waals surface area contributed by atoms with Crippen LogP contribution in [0.4, 0.5) is 10.5 Å². The van der Waals surface area contributed by atoms with Crippen LogP contribution in [0.3, 0.4) is 0 Å². The summed E-state index contributed by atoms with van der Waals surface area (Å²) >= 11 is 0. The molecule has 0 aliphatic heterocycles. The molecule has 142 valence electrons. The van der Waals surface area contributed by atoms with Crippen molar-refractivity contribution in [2.45, 2.75) is 26.8 Å². The Morgan fingerprint density at radius 1 is 1.22 bits per heavy atom. The zero-order valence-electron chi connectivity index (χ0n) is 15.3. The molecule has 2 aromatic heterocycles. The first kappa shape index (κ1) is 18.6. The van der Waals surface area contributed by atoms with Gasteiger partial charge in [0.1, 0.15) is 5.58 Å². The molecule has 0 saturated carbocycles. The molecular weight excluding hydrogens is 352 g/mol. The Labute approximate surface area is 154 Å². The molecular formula is C18H20N4O5. The van der Waals surface area contributed by atoms with E-state index in [1.165, 1.54) is 6.07 Å². The maximum atomic E-state index is 12.2. The Kier molecular flexibility index (Phi) is 5.51. The smallest absolute Gasteiger partial charge is 0.336 e. The highest BCUT2D eigenvalue weighted by Crippen LogP contribution is 2.24. The van der Waals surface area contributed by atoms with Gasteiger partial charge in [0.15, 0.2) is 5.82 Å². The predicted molar refractivity (Wildman–Crippen MR) is 97.7 cm³/mol. The van der Waals surface area contributed by atoms with E-state index in [-0.39, 0.29) is 6.54 Å². The van der Waals surface area contributed by atoms with Crippen molar-refractivity contribution in [2.75, 3.05) is 19.0 Å². The van der Waals surface area contributed by atoms with Gasteiger partial charge in [0, 0.05) is 30.7 Å². The predicted octanol–water partition coefficient (Wildman–Crippen LogP) is 2.30. The fourth-order valence-corrected chi connectivity index (χ4v) is 2.58. The van der Waals surface area contributed by atoms with Gasteiger partial charge in [-0.1, -0.05) is 5.16 Å². The van der Waals surface area contributed by atoms with E-state index >= 15 is 0 Å². The van der Waals surface area contributed by atoms with E-state index in [9.17, 15) is 9.59 Å². The van der Waals surface area contributed by atoms with Gasteiger partial charge < -0.3 is 24.3 Å². The van der Waals surface area contributed by atoms with Crippen LogP contribution in [-0.2, 0) is 17.7 Å². The molecule has 0 fully saturated rings. The Morgan fingerprint density at radius 2 is 2.04 bits per heavy atom. The molecule has 3 aromatic rings. The van der Waals surface area contributed by atoms with Crippen molar-refractivity contribution in [1.82, 2.24) is 15.5 Å². The number of ether oxygens (including phenoxy) is 1. The van der Waals surface area contributed by atoms with Crippen molar-refractivity contribution < 1.29 is 18.5 Å². The second-order valence-electron chi connectivity index (χ2n) is 6.07. The number of amides is 2. The molecule has 0 unspecified atom stereocenters. The Hall–Kier alpha value is -3.20. The van der Waals surface area contributed by atoms with Gasteiger partial charge in [0.25, 0.3) is 0 Å². The summed E-state index contributed by atoms with van der Waals surface area (Å²) in [5.74, 6) is 0.834. The molecule has 0 saturated heterocycles. The Morgan fingerprint density at radius 3 is 2.81 bits per heavy atom.